The lowest BCUT2D eigenvalue weighted by Crippen LogP contribution is -2.44. The van der Waals surface area contributed by atoms with Crippen molar-refractivity contribution in [1.82, 2.24) is 4.90 Å². The van der Waals surface area contributed by atoms with E-state index in [1.165, 1.54) is 6.92 Å². The molecule has 0 aliphatic carbocycles. The molecule has 0 spiro atoms. The molecule has 2 aromatic carbocycles. The molecule has 2 aromatic rings. The maximum absolute atomic E-state index is 12.4. The van der Waals surface area contributed by atoms with Gasteiger partial charge in [-0.15, -0.1) is 0 Å². The first-order valence-electron chi connectivity index (χ1n) is 7.66. The van der Waals surface area contributed by atoms with Gasteiger partial charge in [0.25, 0.3) is 11.8 Å². The number of aryl methyl sites for hydroxylation is 2. The van der Waals surface area contributed by atoms with Crippen molar-refractivity contribution in [1.29, 1.82) is 0 Å². The van der Waals surface area contributed by atoms with Crippen LogP contribution in [0, 0.1) is 13.8 Å². The van der Waals surface area contributed by atoms with Gasteiger partial charge in [-0.1, -0.05) is 18.2 Å². The maximum Gasteiger partial charge on any atom is 0.334 e. The fourth-order valence-electron chi connectivity index (χ4n) is 2.64. The van der Waals surface area contributed by atoms with Crippen LogP contribution in [-0.2, 0) is 4.79 Å². The summed E-state index contributed by atoms with van der Waals surface area (Å²) in [6.07, 6.45) is 0. The average Bonchev–Trinajstić information content (AvgIpc) is 2.82. The summed E-state index contributed by atoms with van der Waals surface area (Å²) in [5.74, 6) is -1.19. The van der Waals surface area contributed by atoms with E-state index >= 15 is 0 Å². The number of amides is 2. The highest BCUT2D eigenvalue weighted by atomic mass is 16.5. The summed E-state index contributed by atoms with van der Waals surface area (Å²) in [5.41, 5.74) is 2.71. The summed E-state index contributed by atoms with van der Waals surface area (Å²) in [7, 11) is 0. The third-order valence-corrected chi connectivity index (χ3v) is 4.25. The van der Waals surface area contributed by atoms with Crippen molar-refractivity contribution in [3.63, 3.8) is 0 Å². The van der Waals surface area contributed by atoms with Crippen LogP contribution in [0.4, 0.5) is 0 Å². The van der Waals surface area contributed by atoms with E-state index in [0.717, 1.165) is 16.0 Å². The highest BCUT2D eigenvalue weighted by Gasteiger charge is 2.41. The third kappa shape index (κ3) is 2.58. The van der Waals surface area contributed by atoms with E-state index in [1.54, 1.807) is 36.4 Å². The van der Waals surface area contributed by atoms with Gasteiger partial charge in [0.05, 0.1) is 11.1 Å². The Kier molecular flexibility index (Phi) is 3.93. The van der Waals surface area contributed by atoms with Gasteiger partial charge in [-0.05, 0) is 56.2 Å². The second-order valence-corrected chi connectivity index (χ2v) is 5.87. The van der Waals surface area contributed by atoms with Crippen LogP contribution in [0.5, 0.6) is 5.75 Å². The van der Waals surface area contributed by atoms with Crippen molar-refractivity contribution in [2.24, 2.45) is 0 Å². The van der Waals surface area contributed by atoms with E-state index in [2.05, 4.69) is 0 Å². The quantitative estimate of drug-likeness (QED) is 0.495. The fraction of sp³-hybridized carbons (Fsp3) is 0.211. The number of esters is 1. The minimum absolute atomic E-state index is 0.313. The van der Waals surface area contributed by atoms with Crippen molar-refractivity contribution >= 4 is 17.8 Å². The summed E-state index contributed by atoms with van der Waals surface area (Å²) in [4.78, 5) is 38.1. The predicted molar refractivity (Wildman–Crippen MR) is 88.0 cm³/mol. The number of carbonyl (C=O) groups is 3. The average molecular weight is 323 g/mol. The molecule has 0 N–H and O–H groups in total. The molecule has 5 heteroatoms. The molecular formula is C19H17NO4. The number of benzene rings is 2. The van der Waals surface area contributed by atoms with Gasteiger partial charge in [0, 0.05) is 0 Å². The number of fused-ring (bicyclic) bond motifs is 1. The third-order valence-electron chi connectivity index (χ3n) is 4.25. The van der Waals surface area contributed by atoms with Gasteiger partial charge in [0.1, 0.15) is 11.8 Å². The standard InChI is InChI=1S/C19H17NO4/c1-11-8-9-14(10-12(11)2)24-19(23)13(3)20-17(21)15-6-4-5-7-16(15)18(20)22/h4-10,13H,1-3H3. The highest BCUT2D eigenvalue weighted by molar-refractivity contribution is 6.22. The molecule has 0 fully saturated rings. The van der Waals surface area contributed by atoms with Crippen LogP contribution in [0.25, 0.3) is 0 Å². The SMILES string of the molecule is Cc1ccc(OC(=O)C(C)N2C(=O)c3ccccc3C2=O)cc1C. The van der Waals surface area contributed by atoms with E-state index in [1.807, 2.05) is 19.9 Å². The monoisotopic (exact) mass is 323 g/mol. The summed E-state index contributed by atoms with van der Waals surface area (Å²) < 4.78 is 5.33. The van der Waals surface area contributed by atoms with Gasteiger partial charge in [-0.25, -0.2) is 4.79 Å². The van der Waals surface area contributed by atoms with E-state index in [9.17, 15) is 14.4 Å². The maximum atomic E-state index is 12.4. The highest BCUT2D eigenvalue weighted by Crippen LogP contribution is 2.25. The van der Waals surface area contributed by atoms with Crippen molar-refractivity contribution in [2.45, 2.75) is 26.8 Å². The Morgan fingerprint density at radius 1 is 0.958 bits per heavy atom. The van der Waals surface area contributed by atoms with Crippen molar-refractivity contribution in [2.75, 3.05) is 0 Å². The number of nitrogens with zero attached hydrogens (tertiary/aromatic N) is 1. The van der Waals surface area contributed by atoms with E-state index in [-0.39, 0.29) is 0 Å². The van der Waals surface area contributed by atoms with Gasteiger partial charge in [0.15, 0.2) is 0 Å². The molecule has 0 saturated carbocycles. The molecule has 0 saturated heterocycles. The Labute approximate surface area is 139 Å². The van der Waals surface area contributed by atoms with Crippen molar-refractivity contribution in [3.8, 4) is 5.75 Å². The minimum atomic E-state index is -1.00. The number of imide groups is 1. The minimum Gasteiger partial charge on any atom is -0.425 e. The summed E-state index contributed by atoms with van der Waals surface area (Å²) in [6.45, 7) is 5.37. The first kappa shape index (κ1) is 15.9. The summed E-state index contributed by atoms with van der Waals surface area (Å²) in [5, 5.41) is 0. The molecule has 122 valence electrons. The molecule has 1 heterocycles. The van der Waals surface area contributed by atoms with Crippen molar-refractivity contribution < 1.29 is 19.1 Å². The molecule has 1 aliphatic rings. The number of carbonyl (C=O) groups excluding carboxylic acids is 3. The molecule has 3 rings (SSSR count). The van der Waals surface area contributed by atoms with Crippen LogP contribution in [0.15, 0.2) is 42.5 Å². The molecule has 5 nitrogen and oxygen atoms in total. The topological polar surface area (TPSA) is 63.7 Å². The molecule has 24 heavy (non-hydrogen) atoms. The van der Waals surface area contributed by atoms with Gasteiger partial charge < -0.3 is 4.74 Å². The number of ether oxygens (including phenoxy) is 1. The molecule has 1 aliphatic heterocycles. The van der Waals surface area contributed by atoms with E-state index in [0.29, 0.717) is 16.9 Å². The normalized spacial score (nSPS) is 14.5. The predicted octanol–water partition coefficient (Wildman–Crippen LogP) is 2.89. The Morgan fingerprint density at radius 2 is 1.54 bits per heavy atom. The molecule has 1 atom stereocenters. The molecule has 2 amide bonds. The largest absolute Gasteiger partial charge is 0.425 e. The lowest BCUT2D eigenvalue weighted by molar-refractivity contribution is -0.138. The fourth-order valence-corrected chi connectivity index (χ4v) is 2.64. The van der Waals surface area contributed by atoms with Crippen molar-refractivity contribution in [3.05, 3.63) is 64.7 Å². The zero-order valence-corrected chi connectivity index (χ0v) is 13.7. The Bertz CT molecular complexity index is 821. The van der Waals surface area contributed by atoms with Crippen LogP contribution in [0.3, 0.4) is 0 Å². The lowest BCUT2D eigenvalue weighted by atomic mass is 10.1. The summed E-state index contributed by atoms with van der Waals surface area (Å²) >= 11 is 0. The first-order valence-corrected chi connectivity index (χ1v) is 7.66. The number of rotatable bonds is 3. The van der Waals surface area contributed by atoms with Crippen LogP contribution in [0.2, 0.25) is 0 Å². The van der Waals surface area contributed by atoms with Gasteiger partial charge in [-0.2, -0.15) is 0 Å². The van der Waals surface area contributed by atoms with Gasteiger partial charge in [0.2, 0.25) is 0 Å². The molecule has 0 bridgehead atoms. The van der Waals surface area contributed by atoms with E-state index < -0.39 is 23.8 Å². The Balaban J connectivity index is 1.80. The van der Waals surface area contributed by atoms with Crippen LogP contribution in [0.1, 0.15) is 38.8 Å². The van der Waals surface area contributed by atoms with Gasteiger partial charge >= 0.3 is 5.97 Å². The molecule has 0 radical (unpaired) electrons. The summed E-state index contributed by atoms with van der Waals surface area (Å²) in [6, 6.07) is 10.8. The van der Waals surface area contributed by atoms with E-state index in [4.69, 9.17) is 4.74 Å². The number of hydrogen-bond donors (Lipinski definition) is 0. The Morgan fingerprint density at radius 3 is 2.08 bits per heavy atom. The first-order chi connectivity index (χ1) is 11.4. The van der Waals surface area contributed by atoms with Crippen LogP contribution >= 0.6 is 0 Å². The van der Waals surface area contributed by atoms with Crippen LogP contribution < -0.4 is 4.74 Å². The molecular weight excluding hydrogens is 306 g/mol. The Hall–Kier alpha value is -2.95. The zero-order chi connectivity index (χ0) is 17.4. The van der Waals surface area contributed by atoms with Crippen LogP contribution in [-0.4, -0.2) is 28.7 Å². The van der Waals surface area contributed by atoms with Gasteiger partial charge in [-0.3, -0.25) is 14.5 Å². The smallest absolute Gasteiger partial charge is 0.334 e. The molecule has 1 unspecified atom stereocenters. The lowest BCUT2D eigenvalue weighted by Gasteiger charge is -2.21. The number of hydrogen-bond acceptors (Lipinski definition) is 4. The second-order valence-electron chi connectivity index (χ2n) is 5.87. The molecule has 0 aromatic heterocycles. The second kappa shape index (κ2) is 5.92. The zero-order valence-electron chi connectivity index (χ0n) is 13.7.